The maximum Gasteiger partial charge on any atom is 0.338 e. The molecule has 2 aromatic carbocycles. The van der Waals surface area contributed by atoms with Crippen molar-refractivity contribution in [2.45, 2.75) is 19.9 Å². The molecule has 9 nitrogen and oxygen atoms in total. The van der Waals surface area contributed by atoms with Crippen LogP contribution in [0.2, 0.25) is 0 Å². The number of rotatable bonds is 5. The number of esters is 1. The third-order valence-corrected chi connectivity index (χ3v) is 7.78. The second-order valence-electron chi connectivity index (χ2n) is 9.11. The van der Waals surface area contributed by atoms with Gasteiger partial charge in [-0.2, -0.15) is 0 Å². The minimum absolute atomic E-state index is 0.130. The zero-order valence-electron chi connectivity index (χ0n) is 21.1. The summed E-state index contributed by atoms with van der Waals surface area (Å²) in [6, 6.07) is 12.9. The smallest absolute Gasteiger partial charge is 0.338 e. The lowest BCUT2D eigenvalue weighted by Gasteiger charge is -2.28. The highest BCUT2D eigenvalue weighted by molar-refractivity contribution is 7.07. The van der Waals surface area contributed by atoms with E-state index in [9.17, 15) is 9.59 Å². The van der Waals surface area contributed by atoms with Gasteiger partial charge in [-0.25, -0.2) is 9.79 Å². The van der Waals surface area contributed by atoms with Crippen LogP contribution in [-0.4, -0.2) is 50.2 Å². The number of nitrogens with zero attached hydrogens (tertiary/aromatic N) is 3. The van der Waals surface area contributed by atoms with E-state index in [-0.39, 0.29) is 19.0 Å². The van der Waals surface area contributed by atoms with Crippen molar-refractivity contribution in [3.63, 3.8) is 0 Å². The van der Waals surface area contributed by atoms with Crippen molar-refractivity contribution in [2.24, 2.45) is 4.99 Å². The van der Waals surface area contributed by atoms with Gasteiger partial charge in [0.2, 0.25) is 6.79 Å². The molecule has 0 aliphatic carbocycles. The molecule has 6 rings (SSSR count). The van der Waals surface area contributed by atoms with E-state index in [1.807, 2.05) is 30.3 Å². The first-order chi connectivity index (χ1) is 18.5. The molecule has 0 N–H and O–H groups in total. The molecule has 1 saturated heterocycles. The number of ether oxygens (including phenoxy) is 4. The predicted molar refractivity (Wildman–Crippen MR) is 142 cm³/mol. The minimum atomic E-state index is -0.703. The Kier molecular flexibility index (Phi) is 6.50. The first-order valence-electron chi connectivity index (χ1n) is 12.6. The fourth-order valence-electron chi connectivity index (χ4n) is 4.94. The molecule has 0 radical (unpaired) electrons. The molecule has 196 valence electrons. The van der Waals surface area contributed by atoms with Gasteiger partial charge >= 0.3 is 5.97 Å². The van der Waals surface area contributed by atoms with Crippen molar-refractivity contribution in [2.75, 3.05) is 44.6 Å². The standard InChI is InChI=1S/C28H27N3O6S/c1-3-35-27(33)24-17(2)29-28-31(25(24)19-6-9-21-22(15-19)37-16-36-21)26(32)23(38-28)14-18-4-7-20(8-5-18)30-10-12-34-13-11-30/h4-9,14-15,25H,3,10-13,16H2,1-2H3/b23-14+/t25-/m1/s1. The molecule has 1 fully saturated rings. The van der Waals surface area contributed by atoms with Crippen molar-refractivity contribution in [1.82, 2.24) is 4.57 Å². The Bertz CT molecular complexity index is 1600. The summed E-state index contributed by atoms with van der Waals surface area (Å²) in [7, 11) is 0. The Hall–Kier alpha value is -3.89. The fraction of sp³-hybridized carbons (Fsp3) is 0.321. The van der Waals surface area contributed by atoms with Crippen molar-refractivity contribution < 1.29 is 23.7 Å². The first-order valence-corrected chi connectivity index (χ1v) is 13.4. The Balaban J connectivity index is 1.43. The second kappa shape index (κ2) is 10.1. The molecular weight excluding hydrogens is 506 g/mol. The molecule has 1 atom stereocenters. The van der Waals surface area contributed by atoms with Gasteiger partial charge in [0.1, 0.15) is 0 Å². The summed E-state index contributed by atoms with van der Waals surface area (Å²) in [5.74, 6) is 0.701. The number of carbonyl (C=O) groups excluding carboxylic acids is 1. The zero-order chi connectivity index (χ0) is 26.2. The number of fused-ring (bicyclic) bond motifs is 2. The van der Waals surface area contributed by atoms with Crippen LogP contribution in [0.15, 0.2) is 63.5 Å². The average Bonchev–Trinajstić information content (AvgIpc) is 3.52. The topological polar surface area (TPSA) is 91.6 Å². The van der Waals surface area contributed by atoms with Gasteiger partial charge in [-0.05, 0) is 55.3 Å². The van der Waals surface area contributed by atoms with Gasteiger partial charge < -0.3 is 23.8 Å². The number of aromatic nitrogens is 1. The van der Waals surface area contributed by atoms with E-state index in [4.69, 9.17) is 18.9 Å². The monoisotopic (exact) mass is 533 g/mol. The molecule has 0 amide bonds. The number of allylic oxidation sites excluding steroid dienone is 1. The summed E-state index contributed by atoms with van der Waals surface area (Å²) in [6.07, 6.45) is 1.87. The van der Waals surface area contributed by atoms with Gasteiger partial charge in [0, 0.05) is 18.8 Å². The van der Waals surface area contributed by atoms with Gasteiger partial charge in [0.25, 0.3) is 5.56 Å². The number of hydrogen-bond acceptors (Lipinski definition) is 9. The highest BCUT2D eigenvalue weighted by atomic mass is 32.1. The van der Waals surface area contributed by atoms with Gasteiger partial charge in [0.05, 0.1) is 41.7 Å². The molecule has 38 heavy (non-hydrogen) atoms. The quantitative estimate of drug-likeness (QED) is 0.465. The highest BCUT2D eigenvalue weighted by Gasteiger charge is 2.34. The number of morpholine rings is 1. The lowest BCUT2D eigenvalue weighted by molar-refractivity contribution is -0.139. The van der Waals surface area contributed by atoms with E-state index in [1.54, 1.807) is 24.5 Å². The SMILES string of the molecule is CCOC(=O)C1=C(C)N=c2s/c(=C/c3ccc(N4CCOCC4)cc3)c(=O)n2[C@@H]1c1ccc2c(c1)OCO2. The minimum Gasteiger partial charge on any atom is -0.463 e. The second-order valence-corrected chi connectivity index (χ2v) is 10.1. The third-order valence-electron chi connectivity index (χ3n) is 6.80. The van der Waals surface area contributed by atoms with Crippen molar-refractivity contribution in [3.8, 4) is 11.5 Å². The molecule has 3 aliphatic heterocycles. The molecule has 0 bridgehead atoms. The summed E-state index contributed by atoms with van der Waals surface area (Å²) in [5, 5.41) is 0. The lowest BCUT2D eigenvalue weighted by Crippen LogP contribution is -2.39. The summed E-state index contributed by atoms with van der Waals surface area (Å²) < 4.78 is 24.0. The molecular formula is C28H27N3O6S. The van der Waals surface area contributed by atoms with Gasteiger partial charge in [-0.15, -0.1) is 0 Å². The maximum atomic E-state index is 13.8. The van der Waals surface area contributed by atoms with Gasteiger partial charge in [0.15, 0.2) is 16.3 Å². The summed E-state index contributed by atoms with van der Waals surface area (Å²) in [5.41, 5.74) is 3.39. The van der Waals surface area contributed by atoms with E-state index in [0.717, 1.165) is 37.6 Å². The summed E-state index contributed by atoms with van der Waals surface area (Å²) >= 11 is 1.30. The van der Waals surface area contributed by atoms with E-state index in [1.165, 1.54) is 11.3 Å². The molecule has 0 unspecified atom stereocenters. The lowest BCUT2D eigenvalue weighted by atomic mass is 9.95. The predicted octanol–water partition coefficient (Wildman–Crippen LogP) is 2.36. The van der Waals surface area contributed by atoms with Crippen molar-refractivity contribution in [3.05, 3.63) is 84.5 Å². The molecule has 10 heteroatoms. The Morgan fingerprint density at radius 2 is 1.89 bits per heavy atom. The Morgan fingerprint density at radius 1 is 1.13 bits per heavy atom. The van der Waals surface area contributed by atoms with Crippen LogP contribution < -0.4 is 29.3 Å². The van der Waals surface area contributed by atoms with E-state index in [2.05, 4.69) is 22.0 Å². The summed E-state index contributed by atoms with van der Waals surface area (Å²) in [4.78, 5) is 34.3. The van der Waals surface area contributed by atoms with Crippen LogP contribution in [0, 0.1) is 0 Å². The van der Waals surface area contributed by atoms with Gasteiger partial charge in [-0.1, -0.05) is 29.5 Å². The number of benzene rings is 2. The number of hydrogen-bond donors (Lipinski definition) is 0. The van der Waals surface area contributed by atoms with Crippen molar-refractivity contribution >= 4 is 29.1 Å². The fourth-order valence-corrected chi connectivity index (χ4v) is 5.99. The van der Waals surface area contributed by atoms with E-state index in [0.29, 0.717) is 37.7 Å². The van der Waals surface area contributed by atoms with E-state index < -0.39 is 12.0 Å². The number of thiazole rings is 1. The maximum absolute atomic E-state index is 13.8. The summed E-state index contributed by atoms with van der Waals surface area (Å²) in [6.45, 7) is 7.04. The van der Waals surface area contributed by atoms with Crippen LogP contribution in [0.1, 0.15) is 31.0 Å². The van der Waals surface area contributed by atoms with Crippen LogP contribution in [-0.2, 0) is 14.3 Å². The van der Waals surface area contributed by atoms with Crippen LogP contribution in [0.3, 0.4) is 0 Å². The molecule has 4 heterocycles. The molecule has 3 aromatic rings. The van der Waals surface area contributed by atoms with Crippen LogP contribution in [0.4, 0.5) is 5.69 Å². The molecule has 0 saturated carbocycles. The van der Waals surface area contributed by atoms with Crippen LogP contribution >= 0.6 is 11.3 Å². The van der Waals surface area contributed by atoms with E-state index >= 15 is 0 Å². The number of anilines is 1. The molecule has 0 spiro atoms. The third kappa shape index (κ3) is 4.39. The largest absolute Gasteiger partial charge is 0.463 e. The zero-order valence-corrected chi connectivity index (χ0v) is 22.0. The van der Waals surface area contributed by atoms with Gasteiger partial charge in [-0.3, -0.25) is 9.36 Å². The Labute approximate surface area is 222 Å². The van der Waals surface area contributed by atoms with Crippen LogP contribution in [0.25, 0.3) is 6.08 Å². The average molecular weight is 534 g/mol. The highest BCUT2D eigenvalue weighted by Crippen LogP contribution is 2.38. The van der Waals surface area contributed by atoms with Crippen molar-refractivity contribution in [1.29, 1.82) is 0 Å². The van der Waals surface area contributed by atoms with Crippen LogP contribution in [0.5, 0.6) is 11.5 Å². The first kappa shape index (κ1) is 24.4. The normalized spacial score (nSPS) is 18.8. The molecule has 3 aliphatic rings. The Morgan fingerprint density at radius 3 is 2.66 bits per heavy atom. The number of carbonyl (C=O) groups is 1. The molecule has 1 aromatic heterocycles.